The van der Waals surface area contributed by atoms with Crippen LogP contribution in [-0.2, 0) is 11.2 Å². The van der Waals surface area contributed by atoms with Crippen molar-refractivity contribution < 1.29 is 13.7 Å². The molecule has 2 aromatic heterocycles. The Hall–Kier alpha value is -3.22. The van der Waals surface area contributed by atoms with Crippen LogP contribution in [0.15, 0.2) is 53.2 Å². The average Bonchev–Trinajstić information content (AvgIpc) is 2.94. The van der Waals surface area contributed by atoms with Gasteiger partial charge in [0.1, 0.15) is 17.4 Å². The molecule has 6 nitrogen and oxygen atoms in total. The van der Waals surface area contributed by atoms with Crippen LogP contribution in [0.25, 0.3) is 0 Å². The molecular formula is C17H15FN4O2. The number of amides is 1. The fourth-order valence-electron chi connectivity index (χ4n) is 2.13. The van der Waals surface area contributed by atoms with Gasteiger partial charge in [-0.25, -0.2) is 9.37 Å². The third-order valence-corrected chi connectivity index (χ3v) is 3.19. The smallest absolute Gasteiger partial charge is 0.229 e. The standard InChI is InChI=1S/C17H15FN4O2/c1-11-7-16(22-24-11)20-14-5-6-15(19-10-14)21-17(23)9-12-3-2-4-13(18)8-12/h2-8,10H,9H2,1H3,(H,20,22)(H,19,21,23). The quantitative estimate of drug-likeness (QED) is 0.751. The summed E-state index contributed by atoms with van der Waals surface area (Å²) >= 11 is 0. The van der Waals surface area contributed by atoms with E-state index in [2.05, 4.69) is 20.8 Å². The first-order chi connectivity index (χ1) is 11.6. The second-order valence-corrected chi connectivity index (χ2v) is 5.23. The highest BCUT2D eigenvalue weighted by atomic mass is 19.1. The van der Waals surface area contributed by atoms with Gasteiger partial charge >= 0.3 is 0 Å². The fraction of sp³-hybridized carbons (Fsp3) is 0.118. The fourth-order valence-corrected chi connectivity index (χ4v) is 2.13. The highest BCUT2D eigenvalue weighted by Crippen LogP contribution is 2.16. The van der Waals surface area contributed by atoms with E-state index in [4.69, 9.17) is 4.52 Å². The lowest BCUT2D eigenvalue weighted by molar-refractivity contribution is -0.115. The molecule has 0 aliphatic rings. The van der Waals surface area contributed by atoms with Crippen LogP contribution in [0.2, 0.25) is 0 Å². The number of aromatic nitrogens is 2. The van der Waals surface area contributed by atoms with Crippen molar-refractivity contribution >= 4 is 23.2 Å². The Morgan fingerprint density at radius 1 is 1.21 bits per heavy atom. The summed E-state index contributed by atoms with van der Waals surface area (Å²) in [5.74, 6) is 1.07. The van der Waals surface area contributed by atoms with Crippen LogP contribution >= 0.6 is 0 Å². The van der Waals surface area contributed by atoms with Crippen molar-refractivity contribution in [3.63, 3.8) is 0 Å². The number of rotatable bonds is 5. The van der Waals surface area contributed by atoms with E-state index in [-0.39, 0.29) is 18.1 Å². The Morgan fingerprint density at radius 2 is 2.08 bits per heavy atom. The molecule has 7 heteroatoms. The Balaban J connectivity index is 1.58. The number of nitrogens with one attached hydrogen (secondary N) is 2. The van der Waals surface area contributed by atoms with E-state index >= 15 is 0 Å². The van der Waals surface area contributed by atoms with Crippen LogP contribution in [0.1, 0.15) is 11.3 Å². The number of aryl methyl sites for hydroxylation is 1. The minimum Gasteiger partial charge on any atom is -0.360 e. The number of nitrogens with zero attached hydrogens (tertiary/aromatic N) is 2. The van der Waals surface area contributed by atoms with Crippen LogP contribution in [0.4, 0.5) is 21.7 Å². The molecule has 0 aliphatic heterocycles. The van der Waals surface area contributed by atoms with Gasteiger partial charge in [0.15, 0.2) is 5.82 Å². The van der Waals surface area contributed by atoms with Crippen LogP contribution in [-0.4, -0.2) is 16.0 Å². The summed E-state index contributed by atoms with van der Waals surface area (Å²) in [7, 11) is 0. The molecule has 0 saturated heterocycles. The van der Waals surface area contributed by atoms with E-state index in [0.717, 1.165) is 0 Å². The molecule has 3 rings (SSSR count). The van der Waals surface area contributed by atoms with Gasteiger partial charge in [0.05, 0.1) is 18.3 Å². The third-order valence-electron chi connectivity index (χ3n) is 3.19. The Morgan fingerprint density at radius 3 is 2.75 bits per heavy atom. The number of hydrogen-bond donors (Lipinski definition) is 2. The maximum atomic E-state index is 13.1. The summed E-state index contributed by atoms with van der Waals surface area (Å²) in [6.07, 6.45) is 1.65. The number of carbonyl (C=O) groups excluding carboxylic acids is 1. The zero-order chi connectivity index (χ0) is 16.9. The average molecular weight is 326 g/mol. The highest BCUT2D eigenvalue weighted by Gasteiger charge is 2.06. The van der Waals surface area contributed by atoms with Crippen molar-refractivity contribution in [2.24, 2.45) is 0 Å². The SMILES string of the molecule is Cc1cc(Nc2ccc(NC(=O)Cc3cccc(F)c3)nc2)no1. The van der Waals surface area contributed by atoms with Crippen LogP contribution in [0.3, 0.4) is 0 Å². The topological polar surface area (TPSA) is 80.0 Å². The van der Waals surface area contributed by atoms with Crippen molar-refractivity contribution in [2.45, 2.75) is 13.3 Å². The van der Waals surface area contributed by atoms with Gasteiger partial charge in [-0.1, -0.05) is 17.3 Å². The number of anilines is 3. The van der Waals surface area contributed by atoms with Gasteiger partial charge in [-0.05, 0) is 36.8 Å². The molecule has 0 bridgehead atoms. The molecule has 0 atom stereocenters. The second-order valence-electron chi connectivity index (χ2n) is 5.23. The van der Waals surface area contributed by atoms with Crippen LogP contribution < -0.4 is 10.6 Å². The van der Waals surface area contributed by atoms with Crippen LogP contribution in [0.5, 0.6) is 0 Å². The maximum absolute atomic E-state index is 13.1. The lowest BCUT2D eigenvalue weighted by Gasteiger charge is -2.06. The van der Waals surface area contributed by atoms with Gasteiger partial charge in [-0.15, -0.1) is 0 Å². The van der Waals surface area contributed by atoms with E-state index in [1.807, 2.05) is 0 Å². The van der Waals surface area contributed by atoms with Gasteiger partial charge in [0, 0.05) is 6.07 Å². The first-order valence-electron chi connectivity index (χ1n) is 7.29. The third kappa shape index (κ3) is 4.16. The summed E-state index contributed by atoms with van der Waals surface area (Å²) in [6.45, 7) is 1.80. The van der Waals surface area contributed by atoms with E-state index in [1.165, 1.54) is 12.1 Å². The van der Waals surface area contributed by atoms with Crippen molar-refractivity contribution in [3.8, 4) is 0 Å². The normalized spacial score (nSPS) is 10.4. The first kappa shape index (κ1) is 15.7. The zero-order valence-electron chi connectivity index (χ0n) is 12.9. The van der Waals surface area contributed by atoms with Crippen molar-refractivity contribution in [3.05, 3.63) is 65.8 Å². The summed E-state index contributed by atoms with van der Waals surface area (Å²) in [5.41, 5.74) is 1.32. The van der Waals surface area contributed by atoms with E-state index < -0.39 is 0 Å². The molecule has 0 saturated carbocycles. The van der Waals surface area contributed by atoms with Gasteiger partial charge in [-0.3, -0.25) is 4.79 Å². The molecule has 0 spiro atoms. The molecule has 1 amide bonds. The molecule has 0 aliphatic carbocycles. The largest absolute Gasteiger partial charge is 0.360 e. The lowest BCUT2D eigenvalue weighted by atomic mass is 10.1. The molecule has 3 aromatic rings. The molecule has 0 fully saturated rings. The molecule has 0 radical (unpaired) electrons. The summed E-state index contributed by atoms with van der Waals surface area (Å²) < 4.78 is 18.1. The van der Waals surface area contributed by atoms with Crippen molar-refractivity contribution in [1.82, 2.24) is 10.1 Å². The second kappa shape index (κ2) is 6.91. The number of hydrogen-bond acceptors (Lipinski definition) is 5. The summed E-state index contributed by atoms with van der Waals surface area (Å²) in [5, 5.41) is 9.52. The van der Waals surface area contributed by atoms with Gasteiger partial charge in [-0.2, -0.15) is 0 Å². The Bertz CT molecular complexity index is 846. The first-order valence-corrected chi connectivity index (χ1v) is 7.29. The molecule has 0 unspecified atom stereocenters. The van der Waals surface area contributed by atoms with E-state index in [0.29, 0.717) is 28.6 Å². The van der Waals surface area contributed by atoms with E-state index in [1.54, 1.807) is 43.5 Å². The number of halogens is 1. The van der Waals surface area contributed by atoms with Gasteiger partial charge < -0.3 is 15.2 Å². The minimum absolute atomic E-state index is 0.0810. The monoisotopic (exact) mass is 326 g/mol. The number of benzene rings is 1. The van der Waals surface area contributed by atoms with Gasteiger partial charge in [0.2, 0.25) is 5.91 Å². The Labute approximate surface area is 137 Å². The predicted octanol–water partition coefficient (Wildman–Crippen LogP) is 3.44. The lowest BCUT2D eigenvalue weighted by Crippen LogP contribution is -2.15. The molecule has 1 aromatic carbocycles. The van der Waals surface area contributed by atoms with E-state index in [9.17, 15) is 9.18 Å². The Kier molecular flexibility index (Phi) is 4.51. The zero-order valence-corrected chi connectivity index (χ0v) is 12.9. The highest BCUT2D eigenvalue weighted by molar-refractivity contribution is 5.91. The number of carbonyl (C=O) groups is 1. The summed E-state index contributed by atoms with van der Waals surface area (Å²) in [4.78, 5) is 16.1. The molecule has 122 valence electrons. The summed E-state index contributed by atoms with van der Waals surface area (Å²) in [6, 6.07) is 11.1. The number of pyridine rings is 1. The predicted molar refractivity (Wildman–Crippen MR) is 87.5 cm³/mol. The molecule has 2 N–H and O–H groups in total. The van der Waals surface area contributed by atoms with Gasteiger partial charge in [0.25, 0.3) is 0 Å². The van der Waals surface area contributed by atoms with Crippen molar-refractivity contribution in [2.75, 3.05) is 10.6 Å². The molecule has 24 heavy (non-hydrogen) atoms. The maximum Gasteiger partial charge on any atom is 0.229 e. The minimum atomic E-state index is -0.364. The van der Waals surface area contributed by atoms with Crippen molar-refractivity contribution in [1.29, 1.82) is 0 Å². The molecule has 2 heterocycles. The molecular weight excluding hydrogens is 311 g/mol. The van der Waals surface area contributed by atoms with Crippen LogP contribution in [0, 0.1) is 12.7 Å².